The third-order valence-electron chi connectivity index (χ3n) is 7.73. The second-order valence-corrected chi connectivity index (χ2v) is 11.9. The number of amides is 2. The fraction of sp³-hybridized carbons (Fsp3) is 0.600. The van der Waals surface area contributed by atoms with Crippen LogP contribution in [0.3, 0.4) is 0 Å². The number of hydrogen-bond acceptors (Lipinski definition) is 6. The topological polar surface area (TPSA) is 103 Å². The Balaban J connectivity index is 1.59. The molecule has 0 spiro atoms. The third kappa shape index (κ3) is 6.62. The molecule has 1 aromatic heterocycles. The van der Waals surface area contributed by atoms with Crippen LogP contribution in [0.4, 0.5) is 4.79 Å². The van der Waals surface area contributed by atoms with Crippen molar-refractivity contribution in [3.63, 3.8) is 0 Å². The van der Waals surface area contributed by atoms with Gasteiger partial charge < -0.3 is 19.7 Å². The van der Waals surface area contributed by atoms with Crippen LogP contribution in [0.1, 0.15) is 89.2 Å². The molecule has 1 aliphatic carbocycles. The highest BCUT2D eigenvalue weighted by Gasteiger charge is 2.48. The number of likely N-dealkylation sites (tertiary alicyclic amines) is 1. The molecule has 0 radical (unpaired) electrons. The number of piperidine rings is 1. The van der Waals surface area contributed by atoms with Crippen molar-refractivity contribution in [1.82, 2.24) is 20.0 Å². The largest absolute Gasteiger partial charge is 0.462 e. The van der Waals surface area contributed by atoms with Gasteiger partial charge in [0, 0.05) is 25.3 Å². The minimum Gasteiger partial charge on any atom is -0.462 e. The molecule has 1 aliphatic heterocycles. The van der Waals surface area contributed by atoms with Crippen LogP contribution < -0.4 is 5.32 Å². The molecule has 0 atom stereocenters. The lowest BCUT2D eigenvalue weighted by molar-refractivity contribution is -0.129. The van der Waals surface area contributed by atoms with Crippen LogP contribution in [-0.4, -0.2) is 64.0 Å². The van der Waals surface area contributed by atoms with Crippen LogP contribution >= 0.6 is 0 Å². The van der Waals surface area contributed by atoms with Gasteiger partial charge in [-0.15, -0.1) is 0 Å². The van der Waals surface area contributed by atoms with E-state index in [0.717, 1.165) is 18.5 Å². The first-order valence-corrected chi connectivity index (χ1v) is 14.1. The Morgan fingerprint density at radius 2 is 1.69 bits per heavy atom. The van der Waals surface area contributed by atoms with E-state index in [1.54, 1.807) is 22.7 Å². The Morgan fingerprint density at radius 1 is 1.05 bits per heavy atom. The lowest BCUT2D eigenvalue weighted by Crippen LogP contribution is -2.53. The Bertz CT molecular complexity index is 1150. The maximum Gasteiger partial charge on any atom is 0.410 e. The molecule has 1 aromatic carbocycles. The van der Waals surface area contributed by atoms with Crippen molar-refractivity contribution in [1.29, 1.82) is 0 Å². The van der Waals surface area contributed by atoms with Crippen LogP contribution in [-0.2, 0) is 19.7 Å². The first-order valence-electron chi connectivity index (χ1n) is 14.1. The molecule has 2 aliphatic rings. The normalized spacial score (nSPS) is 22.3. The molecule has 1 saturated heterocycles. The molecule has 9 heteroatoms. The summed E-state index contributed by atoms with van der Waals surface area (Å²) in [5.41, 5.74) is 0.151. The molecular weight excluding hydrogens is 496 g/mol. The maximum absolute atomic E-state index is 14.2. The molecule has 2 aromatic rings. The van der Waals surface area contributed by atoms with Gasteiger partial charge in [0.1, 0.15) is 11.2 Å². The highest BCUT2D eigenvalue weighted by Crippen LogP contribution is 2.43. The van der Waals surface area contributed by atoms with Gasteiger partial charge in [-0.3, -0.25) is 4.79 Å². The quantitative estimate of drug-likeness (QED) is 0.519. The second-order valence-electron chi connectivity index (χ2n) is 11.9. The summed E-state index contributed by atoms with van der Waals surface area (Å²) in [6.07, 6.45) is 5.59. The van der Waals surface area contributed by atoms with Crippen molar-refractivity contribution < 1.29 is 23.9 Å². The first kappa shape index (κ1) is 28.6. The number of benzene rings is 1. The van der Waals surface area contributed by atoms with E-state index in [4.69, 9.17) is 14.6 Å². The molecule has 2 amide bonds. The molecule has 0 bridgehead atoms. The van der Waals surface area contributed by atoms with E-state index < -0.39 is 17.0 Å². The van der Waals surface area contributed by atoms with Gasteiger partial charge in [-0.25, -0.2) is 14.3 Å². The molecule has 1 N–H and O–H groups in total. The number of ether oxygens (including phenoxy) is 2. The van der Waals surface area contributed by atoms with Crippen molar-refractivity contribution >= 4 is 18.0 Å². The summed E-state index contributed by atoms with van der Waals surface area (Å²) in [4.78, 5) is 41.5. The number of hydrogen-bond donors (Lipinski definition) is 1. The predicted octanol–water partition coefficient (Wildman–Crippen LogP) is 5.01. The van der Waals surface area contributed by atoms with Crippen molar-refractivity contribution in [2.75, 3.05) is 19.7 Å². The van der Waals surface area contributed by atoms with Gasteiger partial charge in [-0.05, 0) is 84.3 Å². The monoisotopic (exact) mass is 538 g/mol. The van der Waals surface area contributed by atoms with E-state index in [-0.39, 0.29) is 24.6 Å². The van der Waals surface area contributed by atoms with Gasteiger partial charge in [0.15, 0.2) is 0 Å². The Morgan fingerprint density at radius 3 is 2.28 bits per heavy atom. The molecule has 9 nitrogen and oxygen atoms in total. The van der Waals surface area contributed by atoms with Gasteiger partial charge in [-0.2, -0.15) is 5.10 Å². The number of carbonyl (C=O) groups excluding carboxylic acids is 3. The lowest BCUT2D eigenvalue weighted by Gasteiger charge is -2.40. The fourth-order valence-corrected chi connectivity index (χ4v) is 5.48. The van der Waals surface area contributed by atoms with Crippen LogP contribution in [0.25, 0.3) is 5.69 Å². The highest BCUT2D eigenvalue weighted by atomic mass is 16.6. The number of aromatic nitrogens is 2. The zero-order chi connectivity index (χ0) is 28.2. The summed E-state index contributed by atoms with van der Waals surface area (Å²) in [6, 6.07) is 9.50. The molecule has 2 heterocycles. The average molecular weight is 539 g/mol. The molecule has 2 fully saturated rings. The third-order valence-corrected chi connectivity index (χ3v) is 7.73. The predicted molar refractivity (Wildman–Crippen MR) is 148 cm³/mol. The maximum atomic E-state index is 14.2. The van der Waals surface area contributed by atoms with Gasteiger partial charge in [-0.1, -0.05) is 25.1 Å². The summed E-state index contributed by atoms with van der Waals surface area (Å²) >= 11 is 0. The van der Waals surface area contributed by atoms with Gasteiger partial charge in [0.05, 0.1) is 23.4 Å². The molecule has 4 rings (SSSR count). The zero-order valence-electron chi connectivity index (χ0n) is 23.9. The number of rotatable bonds is 6. The van der Waals surface area contributed by atoms with Crippen molar-refractivity contribution in [3.8, 4) is 5.69 Å². The highest BCUT2D eigenvalue weighted by molar-refractivity contribution is 5.96. The fourth-order valence-electron chi connectivity index (χ4n) is 5.48. The smallest absolute Gasteiger partial charge is 0.410 e. The molecule has 212 valence electrons. The molecule has 39 heavy (non-hydrogen) atoms. The van der Waals surface area contributed by atoms with E-state index in [1.165, 1.54) is 0 Å². The molecule has 0 unspecified atom stereocenters. The lowest BCUT2D eigenvalue weighted by atomic mass is 9.67. The minimum absolute atomic E-state index is 0.0744. The Kier molecular flexibility index (Phi) is 8.67. The van der Waals surface area contributed by atoms with Gasteiger partial charge in [0.25, 0.3) is 0 Å². The summed E-state index contributed by atoms with van der Waals surface area (Å²) in [5, 5.41) is 8.15. The Hall–Kier alpha value is -3.36. The summed E-state index contributed by atoms with van der Waals surface area (Å²) in [6.45, 7) is 10.8. The molecule has 1 saturated carbocycles. The van der Waals surface area contributed by atoms with Crippen LogP contribution in [0.5, 0.6) is 0 Å². The number of para-hydroxylation sites is 1. The van der Waals surface area contributed by atoms with Gasteiger partial charge in [0.2, 0.25) is 5.91 Å². The van der Waals surface area contributed by atoms with E-state index in [2.05, 4.69) is 12.2 Å². The summed E-state index contributed by atoms with van der Waals surface area (Å²) in [7, 11) is 0. The second kappa shape index (κ2) is 11.8. The summed E-state index contributed by atoms with van der Waals surface area (Å²) < 4.78 is 12.6. The minimum atomic E-state index is -0.934. The standard InChI is InChI=1S/C30H42N4O5/c1-6-38-26(35)24-20-34(23-10-8-7-9-11-23)32-25(24)30(16-12-21(2)13-17-30)27(36)31-22-14-18-33(19-15-22)28(37)39-29(3,4)5/h7-11,20-22H,6,12-19H2,1-5H3,(H,31,36). The van der Waals surface area contributed by atoms with E-state index in [1.807, 2.05) is 51.1 Å². The first-order chi connectivity index (χ1) is 18.5. The molecular formula is C30H42N4O5. The van der Waals surface area contributed by atoms with Crippen LogP contribution in [0.2, 0.25) is 0 Å². The van der Waals surface area contributed by atoms with Crippen molar-refractivity contribution in [2.24, 2.45) is 5.92 Å². The average Bonchev–Trinajstić information content (AvgIpc) is 3.36. The Labute approximate surface area is 231 Å². The van der Waals surface area contributed by atoms with E-state index >= 15 is 0 Å². The van der Waals surface area contributed by atoms with E-state index in [9.17, 15) is 14.4 Å². The van der Waals surface area contributed by atoms with Crippen molar-refractivity contribution in [2.45, 2.75) is 90.2 Å². The van der Waals surface area contributed by atoms with Crippen molar-refractivity contribution in [3.05, 3.63) is 47.8 Å². The number of nitrogens with one attached hydrogen (secondary N) is 1. The number of carbonyl (C=O) groups is 3. The van der Waals surface area contributed by atoms with Gasteiger partial charge >= 0.3 is 12.1 Å². The van der Waals surface area contributed by atoms with Crippen LogP contribution in [0.15, 0.2) is 36.5 Å². The zero-order valence-corrected chi connectivity index (χ0v) is 23.9. The SMILES string of the molecule is CCOC(=O)c1cn(-c2ccccc2)nc1C1(C(=O)NC2CCN(C(=O)OC(C)(C)C)CC2)CCC(C)CC1. The van der Waals surface area contributed by atoms with E-state index in [0.29, 0.717) is 55.9 Å². The summed E-state index contributed by atoms with van der Waals surface area (Å²) in [5.74, 6) is -0.0784. The number of nitrogens with zero attached hydrogens (tertiary/aromatic N) is 3. The van der Waals surface area contributed by atoms with Crippen LogP contribution in [0, 0.1) is 5.92 Å². The number of esters is 1.